The number of hydrogen-bond donors (Lipinski definition) is 0. The number of rotatable bonds is 0. The van der Waals surface area contributed by atoms with Crippen LogP contribution in [0.15, 0.2) is 23.5 Å². The van der Waals surface area contributed by atoms with Gasteiger partial charge in [0.25, 0.3) is 0 Å². The van der Waals surface area contributed by atoms with Crippen molar-refractivity contribution in [3.8, 4) is 0 Å². The van der Waals surface area contributed by atoms with Crippen LogP contribution in [-0.2, 0) is 14.3 Å². The molecule has 2 saturated carbocycles. The Morgan fingerprint density at radius 2 is 1.86 bits per heavy atom. The molecule has 0 aromatic rings. The number of ether oxygens (including phenoxy) is 1. The van der Waals surface area contributed by atoms with Gasteiger partial charge in [0.1, 0.15) is 5.76 Å². The molecule has 4 aliphatic carbocycles. The zero-order valence-corrected chi connectivity index (χ0v) is 12.5. The molecule has 6 atom stereocenters. The van der Waals surface area contributed by atoms with Crippen LogP contribution >= 0.6 is 0 Å². The van der Waals surface area contributed by atoms with Crippen molar-refractivity contribution in [3.63, 3.8) is 0 Å². The van der Waals surface area contributed by atoms with Gasteiger partial charge in [-0.15, -0.1) is 0 Å². The number of carbonyl (C=O) groups is 2. The van der Waals surface area contributed by atoms with Gasteiger partial charge in [-0.2, -0.15) is 0 Å². The van der Waals surface area contributed by atoms with Crippen molar-refractivity contribution in [3.05, 3.63) is 23.5 Å². The lowest BCUT2D eigenvalue weighted by molar-refractivity contribution is -0.129. The topological polar surface area (TPSA) is 43.4 Å². The molecule has 110 valence electrons. The third-order valence-electron chi connectivity index (χ3n) is 6.35. The van der Waals surface area contributed by atoms with E-state index in [4.69, 9.17) is 4.74 Å². The Labute approximate surface area is 124 Å². The van der Waals surface area contributed by atoms with E-state index in [-0.39, 0.29) is 34.9 Å². The van der Waals surface area contributed by atoms with Gasteiger partial charge in [0.05, 0.1) is 0 Å². The minimum atomic E-state index is -0.354. The largest absolute Gasteiger partial charge is 0.486 e. The van der Waals surface area contributed by atoms with Gasteiger partial charge in [-0.25, -0.2) is 0 Å². The lowest BCUT2D eigenvalue weighted by Crippen LogP contribution is -2.30. The molecule has 5 rings (SSSR count). The minimum absolute atomic E-state index is 0.0361. The zero-order chi connectivity index (χ0) is 14.5. The average molecular weight is 284 g/mol. The van der Waals surface area contributed by atoms with Crippen LogP contribution in [0.25, 0.3) is 0 Å². The first-order valence-corrected chi connectivity index (χ1v) is 8.11. The van der Waals surface area contributed by atoms with Gasteiger partial charge in [-0.1, -0.05) is 26.0 Å². The van der Waals surface area contributed by atoms with Crippen LogP contribution in [0.5, 0.6) is 0 Å². The van der Waals surface area contributed by atoms with Gasteiger partial charge >= 0.3 is 0 Å². The third-order valence-corrected chi connectivity index (χ3v) is 6.35. The van der Waals surface area contributed by atoms with Crippen LogP contribution in [0.1, 0.15) is 33.1 Å². The van der Waals surface area contributed by atoms with Gasteiger partial charge in [0.15, 0.2) is 17.7 Å². The number of Topliss-reactive ketones (excluding diaryl/α,β-unsaturated/α-hetero) is 2. The minimum Gasteiger partial charge on any atom is -0.486 e. The molecule has 2 bridgehead atoms. The molecule has 3 nitrogen and oxygen atoms in total. The Bertz CT molecular complexity index is 639. The molecule has 5 aliphatic rings. The highest BCUT2D eigenvalue weighted by atomic mass is 16.5. The first-order valence-electron chi connectivity index (χ1n) is 8.11. The molecule has 0 radical (unpaired) electrons. The van der Waals surface area contributed by atoms with Crippen molar-refractivity contribution in [2.24, 2.45) is 35.0 Å². The van der Waals surface area contributed by atoms with Crippen molar-refractivity contribution >= 4 is 11.6 Å². The van der Waals surface area contributed by atoms with Crippen molar-refractivity contribution in [1.82, 2.24) is 0 Å². The molecule has 2 fully saturated rings. The fourth-order valence-corrected chi connectivity index (χ4v) is 5.70. The molecule has 0 amide bonds. The van der Waals surface area contributed by atoms with Crippen molar-refractivity contribution < 1.29 is 14.3 Å². The molecule has 0 spiro atoms. The van der Waals surface area contributed by atoms with Crippen LogP contribution < -0.4 is 0 Å². The predicted octanol–water partition coefficient (Wildman–Crippen LogP) is 2.67. The summed E-state index contributed by atoms with van der Waals surface area (Å²) in [5, 5.41) is 0. The summed E-state index contributed by atoms with van der Waals surface area (Å²) in [6, 6.07) is 0. The van der Waals surface area contributed by atoms with E-state index in [1.807, 2.05) is 0 Å². The molecular weight excluding hydrogens is 264 g/mol. The normalized spacial score (nSPS) is 48.5. The second-order valence-electron chi connectivity index (χ2n) is 8.30. The first kappa shape index (κ1) is 12.2. The summed E-state index contributed by atoms with van der Waals surface area (Å²) in [5.41, 5.74) is 0.854. The van der Waals surface area contributed by atoms with E-state index >= 15 is 0 Å². The van der Waals surface area contributed by atoms with Gasteiger partial charge in [0, 0.05) is 30.3 Å². The van der Waals surface area contributed by atoms with Crippen molar-refractivity contribution in [1.29, 1.82) is 0 Å². The van der Waals surface area contributed by atoms with E-state index in [1.165, 1.54) is 0 Å². The summed E-state index contributed by atoms with van der Waals surface area (Å²) in [6.45, 7) is 4.22. The van der Waals surface area contributed by atoms with E-state index in [1.54, 1.807) is 0 Å². The van der Waals surface area contributed by atoms with E-state index in [0.29, 0.717) is 24.2 Å². The van der Waals surface area contributed by atoms with Gasteiger partial charge in [-0.3, -0.25) is 9.59 Å². The van der Waals surface area contributed by atoms with Gasteiger partial charge in [0.2, 0.25) is 0 Å². The molecular formula is C18H20O3. The molecule has 0 aromatic heterocycles. The van der Waals surface area contributed by atoms with Gasteiger partial charge in [-0.05, 0) is 29.6 Å². The fraction of sp³-hybridized carbons (Fsp3) is 0.667. The standard InChI is InChI=1S/C18H20O3/c1-18(2)6-10(19)14-11(7-18)21-17-15(14)12-8-3-4-9(5-8)13(12)16(17)20/h3-4,8-9,12-13,15,17H,5-7H2,1-2H3/t8-,9+,12-,13+,15-,17+/m0/s1. The SMILES string of the molecule is CC1(C)CC(=O)C2=C(C1)O[C@H]1C(=O)[C@H]3[C@@H]([C@@H]21)[C@H]1C=C[C@@H]3C1. The Morgan fingerprint density at radius 3 is 2.67 bits per heavy atom. The first-order chi connectivity index (χ1) is 9.96. The molecule has 0 N–H and O–H groups in total. The summed E-state index contributed by atoms with van der Waals surface area (Å²) >= 11 is 0. The maximum atomic E-state index is 12.8. The van der Waals surface area contributed by atoms with Crippen LogP contribution in [-0.4, -0.2) is 17.7 Å². The van der Waals surface area contributed by atoms with E-state index in [9.17, 15) is 9.59 Å². The maximum Gasteiger partial charge on any atom is 0.177 e. The number of ketones is 2. The zero-order valence-electron chi connectivity index (χ0n) is 12.5. The number of fused-ring (bicyclic) bond motifs is 8. The summed E-state index contributed by atoms with van der Waals surface area (Å²) in [4.78, 5) is 25.4. The molecule has 21 heavy (non-hydrogen) atoms. The van der Waals surface area contributed by atoms with Crippen LogP contribution in [0.2, 0.25) is 0 Å². The predicted molar refractivity (Wildman–Crippen MR) is 76.1 cm³/mol. The maximum absolute atomic E-state index is 12.8. The highest BCUT2D eigenvalue weighted by Gasteiger charge is 2.65. The van der Waals surface area contributed by atoms with E-state index < -0.39 is 0 Å². The number of carbonyl (C=O) groups excluding carboxylic acids is 2. The Hall–Kier alpha value is -1.38. The summed E-state index contributed by atoms with van der Waals surface area (Å²) in [6.07, 6.45) is 6.63. The van der Waals surface area contributed by atoms with Gasteiger partial charge < -0.3 is 4.74 Å². The molecule has 0 aromatic carbocycles. The highest BCUT2D eigenvalue weighted by Crippen LogP contribution is 2.62. The highest BCUT2D eigenvalue weighted by molar-refractivity contribution is 6.02. The summed E-state index contributed by atoms with van der Waals surface area (Å²) < 4.78 is 6.05. The Morgan fingerprint density at radius 1 is 1.10 bits per heavy atom. The second-order valence-corrected chi connectivity index (χ2v) is 8.30. The molecule has 0 unspecified atom stereocenters. The second kappa shape index (κ2) is 3.50. The van der Waals surface area contributed by atoms with Crippen LogP contribution in [0.3, 0.4) is 0 Å². The third kappa shape index (κ3) is 1.35. The Balaban J connectivity index is 1.61. The summed E-state index contributed by atoms with van der Waals surface area (Å²) in [7, 11) is 0. The molecule has 0 saturated heterocycles. The van der Waals surface area contributed by atoms with Crippen LogP contribution in [0.4, 0.5) is 0 Å². The molecule has 1 heterocycles. The Kier molecular flexibility index (Phi) is 2.03. The molecule has 3 heteroatoms. The number of allylic oxidation sites excluding steroid dienone is 3. The van der Waals surface area contributed by atoms with Crippen molar-refractivity contribution in [2.45, 2.75) is 39.2 Å². The lowest BCUT2D eigenvalue weighted by atomic mass is 9.70. The monoisotopic (exact) mass is 284 g/mol. The van der Waals surface area contributed by atoms with Crippen molar-refractivity contribution in [2.75, 3.05) is 0 Å². The number of hydrogen-bond acceptors (Lipinski definition) is 3. The lowest BCUT2D eigenvalue weighted by Gasteiger charge is -2.31. The summed E-state index contributed by atoms with van der Waals surface area (Å²) in [5.74, 6) is 2.72. The van der Waals surface area contributed by atoms with E-state index in [0.717, 1.165) is 24.2 Å². The fourth-order valence-electron chi connectivity index (χ4n) is 5.70. The smallest absolute Gasteiger partial charge is 0.177 e. The molecule has 1 aliphatic heterocycles. The average Bonchev–Trinajstić information content (AvgIpc) is 3.08. The quantitative estimate of drug-likeness (QED) is 0.642. The van der Waals surface area contributed by atoms with E-state index in [2.05, 4.69) is 26.0 Å². The van der Waals surface area contributed by atoms with Crippen LogP contribution in [0, 0.1) is 35.0 Å².